The molecule has 0 amide bonds. The molecule has 28 heavy (non-hydrogen) atoms. The van der Waals surface area contributed by atoms with Gasteiger partial charge in [-0.1, -0.05) is 19.1 Å². The van der Waals surface area contributed by atoms with Gasteiger partial charge in [-0.3, -0.25) is 4.79 Å². The molecule has 1 aliphatic carbocycles. The summed E-state index contributed by atoms with van der Waals surface area (Å²) in [6, 6.07) is 4.61. The number of aryl methyl sites for hydroxylation is 1. The van der Waals surface area contributed by atoms with Crippen LogP contribution < -0.4 is 5.56 Å². The maximum atomic E-state index is 12.9. The molecule has 6 nitrogen and oxygen atoms in total. The first-order chi connectivity index (χ1) is 13.1. The molecule has 0 bridgehead atoms. The van der Waals surface area contributed by atoms with Crippen LogP contribution in [0.5, 0.6) is 0 Å². The lowest BCUT2D eigenvalue weighted by Crippen LogP contribution is -2.22. The van der Waals surface area contributed by atoms with Crippen molar-refractivity contribution in [2.45, 2.75) is 45.5 Å². The first-order valence-electron chi connectivity index (χ1n) is 8.90. The number of hydrogen-bond donors (Lipinski definition) is 2. The Balaban J connectivity index is 1.92. The average molecular weight is 392 g/mol. The molecule has 0 saturated heterocycles. The second-order valence-electron chi connectivity index (χ2n) is 7.58. The van der Waals surface area contributed by atoms with Gasteiger partial charge in [0, 0.05) is 0 Å². The summed E-state index contributed by atoms with van der Waals surface area (Å²) in [5.41, 5.74) is -0.161. The maximum Gasteiger partial charge on any atom is 0.416 e. The number of H-pyrrole nitrogens is 1. The summed E-state index contributed by atoms with van der Waals surface area (Å²) < 4.78 is 40.4. The third-order valence-electron chi connectivity index (χ3n) is 5.40. The summed E-state index contributed by atoms with van der Waals surface area (Å²) in [6.45, 7) is 3.23. The summed E-state index contributed by atoms with van der Waals surface area (Å²) in [5.74, 6) is 0.398. The van der Waals surface area contributed by atoms with Crippen LogP contribution in [-0.4, -0.2) is 24.9 Å². The van der Waals surface area contributed by atoms with Crippen LogP contribution in [-0.2, 0) is 12.8 Å². The number of alkyl halides is 3. The van der Waals surface area contributed by atoms with E-state index in [0.717, 1.165) is 25.0 Å². The SMILES string of the molecule is Cc1nc2c(c(CO)nn2C(c2ccc(C(F)(F)F)cc2)C2(C)CC2)c(=O)[nH]1. The van der Waals surface area contributed by atoms with Crippen molar-refractivity contribution < 1.29 is 18.3 Å². The molecule has 1 atom stereocenters. The smallest absolute Gasteiger partial charge is 0.390 e. The molecule has 1 aliphatic rings. The number of hydrogen-bond acceptors (Lipinski definition) is 4. The number of rotatable bonds is 4. The van der Waals surface area contributed by atoms with E-state index in [0.29, 0.717) is 17.0 Å². The van der Waals surface area contributed by atoms with Crippen LogP contribution >= 0.6 is 0 Å². The van der Waals surface area contributed by atoms with Gasteiger partial charge >= 0.3 is 6.18 Å². The Bertz CT molecular complexity index is 1100. The van der Waals surface area contributed by atoms with E-state index in [4.69, 9.17) is 0 Å². The molecule has 3 aromatic rings. The monoisotopic (exact) mass is 392 g/mol. The van der Waals surface area contributed by atoms with Crippen molar-refractivity contribution in [1.82, 2.24) is 19.7 Å². The molecular formula is C19H19F3N4O2. The van der Waals surface area contributed by atoms with Gasteiger partial charge in [-0.15, -0.1) is 0 Å². The predicted molar refractivity (Wildman–Crippen MR) is 95.7 cm³/mol. The molecule has 4 rings (SSSR count). The van der Waals surface area contributed by atoms with Crippen LogP contribution in [0.15, 0.2) is 29.1 Å². The summed E-state index contributed by atoms with van der Waals surface area (Å²) in [4.78, 5) is 19.4. The molecule has 1 fully saturated rings. The minimum Gasteiger partial charge on any atom is -0.390 e. The maximum absolute atomic E-state index is 12.9. The number of aliphatic hydroxyl groups is 1. The fraction of sp³-hybridized carbons (Fsp3) is 0.421. The molecular weight excluding hydrogens is 373 g/mol. The van der Waals surface area contributed by atoms with Gasteiger partial charge in [0.25, 0.3) is 5.56 Å². The van der Waals surface area contributed by atoms with Crippen LogP contribution in [0.25, 0.3) is 11.0 Å². The Labute approximate surface area is 158 Å². The van der Waals surface area contributed by atoms with E-state index in [2.05, 4.69) is 15.1 Å². The molecule has 2 N–H and O–H groups in total. The van der Waals surface area contributed by atoms with E-state index in [1.165, 1.54) is 12.1 Å². The Hall–Kier alpha value is -2.68. The van der Waals surface area contributed by atoms with Crippen molar-refractivity contribution in [3.8, 4) is 0 Å². The zero-order chi connectivity index (χ0) is 20.3. The minimum atomic E-state index is -4.41. The molecule has 148 valence electrons. The quantitative estimate of drug-likeness (QED) is 0.713. The summed E-state index contributed by atoms with van der Waals surface area (Å²) in [6.07, 6.45) is -2.67. The second kappa shape index (κ2) is 6.16. The van der Waals surface area contributed by atoms with E-state index in [-0.39, 0.29) is 16.5 Å². The molecule has 9 heteroatoms. The Morgan fingerprint density at radius 1 is 1.29 bits per heavy atom. The number of aromatic amines is 1. The molecule has 2 heterocycles. The van der Waals surface area contributed by atoms with E-state index < -0.39 is 29.9 Å². The van der Waals surface area contributed by atoms with Crippen LogP contribution in [0, 0.1) is 12.3 Å². The van der Waals surface area contributed by atoms with Gasteiger partial charge in [-0.2, -0.15) is 18.3 Å². The Morgan fingerprint density at radius 2 is 1.93 bits per heavy atom. The summed E-state index contributed by atoms with van der Waals surface area (Å²) in [5, 5.41) is 14.3. The largest absolute Gasteiger partial charge is 0.416 e. The predicted octanol–water partition coefficient (Wildman–Crippen LogP) is 3.33. The van der Waals surface area contributed by atoms with E-state index >= 15 is 0 Å². The van der Waals surface area contributed by atoms with Crippen LogP contribution in [0.4, 0.5) is 13.2 Å². The lowest BCUT2D eigenvalue weighted by atomic mass is 9.91. The normalized spacial score (nSPS) is 17.1. The summed E-state index contributed by atoms with van der Waals surface area (Å²) >= 11 is 0. The van der Waals surface area contributed by atoms with Crippen molar-refractivity contribution in [3.63, 3.8) is 0 Å². The fourth-order valence-corrected chi connectivity index (χ4v) is 3.68. The van der Waals surface area contributed by atoms with Crippen LogP contribution in [0.2, 0.25) is 0 Å². The Kier molecular flexibility index (Phi) is 4.11. The van der Waals surface area contributed by atoms with Gasteiger partial charge in [-0.25, -0.2) is 9.67 Å². The number of nitrogens with one attached hydrogen (secondary N) is 1. The molecule has 0 aliphatic heterocycles. The molecule has 0 radical (unpaired) electrons. The zero-order valence-corrected chi connectivity index (χ0v) is 15.3. The zero-order valence-electron chi connectivity index (χ0n) is 15.3. The lowest BCUT2D eigenvalue weighted by molar-refractivity contribution is -0.137. The van der Waals surface area contributed by atoms with Gasteiger partial charge < -0.3 is 10.1 Å². The number of aliphatic hydroxyl groups excluding tert-OH is 1. The number of aromatic nitrogens is 4. The van der Waals surface area contributed by atoms with Crippen molar-refractivity contribution in [3.05, 3.63) is 57.3 Å². The van der Waals surface area contributed by atoms with E-state index in [1.807, 2.05) is 6.92 Å². The number of fused-ring (bicyclic) bond motifs is 1. The molecule has 0 spiro atoms. The first-order valence-corrected chi connectivity index (χ1v) is 8.90. The van der Waals surface area contributed by atoms with Crippen LogP contribution in [0.1, 0.15) is 48.5 Å². The fourth-order valence-electron chi connectivity index (χ4n) is 3.68. The van der Waals surface area contributed by atoms with E-state index in [1.54, 1.807) is 11.6 Å². The highest BCUT2D eigenvalue weighted by Crippen LogP contribution is 2.56. The molecule has 1 aromatic carbocycles. The highest BCUT2D eigenvalue weighted by molar-refractivity contribution is 5.77. The highest BCUT2D eigenvalue weighted by atomic mass is 19.4. The Morgan fingerprint density at radius 3 is 2.46 bits per heavy atom. The van der Waals surface area contributed by atoms with Gasteiger partial charge in [0.2, 0.25) is 0 Å². The molecule has 1 unspecified atom stereocenters. The molecule has 2 aromatic heterocycles. The van der Waals surface area contributed by atoms with Crippen LogP contribution in [0.3, 0.4) is 0 Å². The van der Waals surface area contributed by atoms with Gasteiger partial charge in [-0.05, 0) is 42.9 Å². The van der Waals surface area contributed by atoms with Crippen molar-refractivity contribution in [2.24, 2.45) is 5.41 Å². The van der Waals surface area contributed by atoms with Crippen molar-refractivity contribution in [2.75, 3.05) is 0 Å². The summed E-state index contributed by atoms with van der Waals surface area (Å²) in [7, 11) is 0. The number of nitrogens with zero attached hydrogens (tertiary/aromatic N) is 3. The average Bonchev–Trinajstić information content (AvgIpc) is 3.25. The topological polar surface area (TPSA) is 83.8 Å². The van der Waals surface area contributed by atoms with Gasteiger partial charge in [0.15, 0.2) is 5.65 Å². The standard InChI is InChI=1S/C19H19F3N4O2/c1-10-23-16-14(17(28)24-10)13(9-27)25-26(16)15(18(2)7-8-18)11-3-5-12(6-4-11)19(20,21)22/h3-6,15,27H,7-9H2,1-2H3,(H,23,24,28). The third-order valence-corrected chi connectivity index (χ3v) is 5.40. The highest BCUT2D eigenvalue weighted by Gasteiger charge is 2.48. The first kappa shape index (κ1) is 18.7. The van der Waals surface area contributed by atoms with Gasteiger partial charge in [0.1, 0.15) is 16.9 Å². The number of benzene rings is 1. The molecule has 1 saturated carbocycles. The minimum absolute atomic E-state index is 0.199. The second-order valence-corrected chi connectivity index (χ2v) is 7.58. The van der Waals surface area contributed by atoms with Crippen molar-refractivity contribution in [1.29, 1.82) is 0 Å². The number of halogens is 3. The third kappa shape index (κ3) is 2.99. The van der Waals surface area contributed by atoms with Gasteiger partial charge in [0.05, 0.1) is 18.2 Å². The lowest BCUT2D eigenvalue weighted by Gasteiger charge is -2.25. The van der Waals surface area contributed by atoms with Crippen molar-refractivity contribution >= 4 is 11.0 Å². The van der Waals surface area contributed by atoms with E-state index in [9.17, 15) is 23.1 Å².